The summed E-state index contributed by atoms with van der Waals surface area (Å²) >= 11 is 5.69. The predicted octanol–water partition coefficient (Wildman–Crippen LogP) is 3.51. The highest BCUT2D eigenvalue weighted by molar-refractivity contribution is 6.17. The Morgan fingerprint density at radius 2 is 2.12 bits per heavy atom. The minimum absolute atomic E-state index is 0.222. The molecule has 1 heterocycles. The first-order chi connectivity index (χ1) is 8.17. The zero-order valence-electron chi connectivity index (χ0n) is 9.51. The summed E-state index contributed by atoms with van der Waals surface area (Å²) in [5.74, 6) is -0.0753. The van der Waals surface area contributed by atoms with Crippen molar-refractivity contribution in [3.63, 3.8) is 0 Å². The first-order valence-electron chi connectivity index (χ1n) is 5.57. The summed E-state index contributed by atoms with van der Waals surface area (Å²) < 4.78 is 28.6. The summed E-state index contributed by atoms with van der Waals surface area (Å²) in [6, 6.07) is 2.18. The maximum Gasteiger partial charge on any atom is 0.153 e. The monoisotopic (exact) mass is 258 g/mol. The van der Waals surface area contributed by atoms with Crippen LogP contribution in [-0.4, -0.2) is 15.4 Å². The number of aromatic nitrogens is 2. The molecule has 92 valence electrons. The lowest BCUT2D eigenvalue weighted by Gasteiger charge is -2.06. The first-order valence-corrected chi connectivity index (χ1v) is 6.11. The molecule has 0 aliphatic rings. The van der Waals surface area contributed by atoms with Crippen molar-refractivity contribution in [3.05, 3.63) is 29.6 Å². The van der Waals surface area contributed by atoms with E-state index >= 15 is 0 Å². The molecular formula is C12H13ClF2N2. The molecule has 17 heavy (non-hydrogen) atoms. The van der Waals surface area contributed by atoms with Crippen molar-refractivity contribution in [2.75, 3.05) is 5.88 Å². The Bertz CT molecular complexity index is 537. The maximum atomic E-state index is 13.6. The second-order valence-electron chi connectivity index (χ2n) is 3.87. The van der Waals surface area contributed by atoms with E-state index in [9.17, 15) is 8.78 Å². The zero-order chi connectivity index (χ0) is 12.4. The summed E-state index contributed by atoms with van der Waals surface area (Å²) in [5, 5.41) is 0. The number of rotatable bonds is 4. The second kappa shape index (κ2) is 5.00. The SMILES string of the molecule is CCCn1c(CCCl)nc2c(F)cc(F)cc21. The fraction of sp³-hybridized carbons (Fsp3) is 0.417. The molecule has 2 rings (SSSR count). The van der Waals surface area contributed by atoms with Gasteiger partial charge in [-0.2, -0.15) is 0 Å². The van der Waals surface area contributed by atoms with E-state index in [-0.39, 0.29) is 5.52 Å². The standard InChI is InChI=1S/C12H13ClF2N2/c1-2-5-17-10-7-8(14)6-9(15)12(10)16-11(17)3-4-13/h6-7H,2-5H2,1H3. The smallest absolute Gasteiger partial charge is 0.153 e. The third kappa shape index (κ3) is 2.27. The molecule has 0 saturated heterocycles. The molecule has 0 bridgehead atoms. The van der Waals surface area contributed by atoms with Gasteiger partial charge in [0.25, 0.3) is 0 Å². The van der Waals surface area contributed by atoms with E-state index < -0.39 is 11.6 Å². The van der Waals surface area contributed by atoms with Gasteiger partial charge in [0.05, 0.1) is 5.52 Å². The van der Waals surface area contributed by atoms with E-state index in [4.69, 9.17) is 11.6 Å². The lowest BCUT2D eigenvalue weighted by atomic mass is 10.3. The van der Waals surface area contributed by atoms with Crippen molar-refractivity contribution < 1.29 is 8.78 Å². The van der Waals surface area contributed by atoms with Crippen molar-refractivity contribution >= 4 is 22.6 Å². The van der Waals surface area contributed by atoms with Gasteiger partial charge in [0.15, 0.2) is 5.82 Å². The van der Waals surface area contributed by atoms with Crippen molar-refractivity contribution in [1.82, 2.24) is 9.55 Å². The van der Waals surface area contributed by atoms with Gasteiger partial charge >= 0.3 is 0 Å². The summed E-state index contributed by atoms with van der Waals surface area (Å²) in [6.45, 7) is 2.69. The minimum atomic E-state index is -0.620. The molecular weight excluding hydrogens is 246 g/mol. The fourth-order valence-electron chi connectivity index (χ4n) is 1.95. The van der Waals surface area contributed by atoms with Crippen LogP contribution in [0.5, 0.6) is 0 Å². The number of aryl methyl sites for hydroxylation is 2. The molecule has 0 radical (unpaired) electrons. The highest BCUT2D eigenvalue weighted by Crippen LogP contribution is 2.21. The zero-order valence-corrected chi connectivity index (χ0v) is 10.3. The van der Waals surface area contributed by atoms with Crippen molar-refractivity contribution in [2.45, 2.75) is 26.3 Å². The Balaban J connectivity index is 2.66. The van der Waals surface area contributed by atoms with E-state index in [1.807, 2.05) is 11.5 Å². The number of halogens is 3. The summed E-state index contributed by atoms with van der Waals surface area (Å²) in [6.07, 6.45) is 1.43. The van der Waals surface area contributed by atoms with E-state index in [1.165, 1.54) is 6.07 Å². The molecule has 5 heteroatoms. The van der Waals surface area contributed by atoms with Crippen LogP contribution < -0.4 is 0 Å². The van der Waals surface area contributed by atoms with Crippen molar-refractivity contribution in [2.24, 2.45) is 0 Å². The number of imidazole rings is 1. The number of benzene rings is 1. The molecule has 0 amide bonds. The van der Waals surface area contributed by atoms with E-state index in [0.29, 0.717) is 30.2 Å². The molecule has 2 aromatic rings. The third-order valence-corrected chi connectivity index (χ3v) is 2.81. The van der Waals surface area contributed by atoms with Crippen LogP contribution >= 0.6 is 11.6 Å². The van der Waals surface area contributed by atoms with E-state index in [2.05, 4.69) is 4.98 Å². The van der Waals surface area contributed by atoms with Gasteiger partial charge in [0, 0.05) is 24.9 Å². The van der Waals surface area contributed by atoms with Gasteiger partial charge in [-0.3, -0.25) is 0 Å². The topological polar surface area (TPSA) is 17.8 Å². The lowest BCUT2D eigenvalue weighted by molar-refractivity contribution is 0.589. The van der Waals surface area contributed by atoms with Gasteiger partial charge in [-0.1, -0.05) is 6.92 Å². The minimum Gasteiger partial charge on any atom is -0.328 e. The average Bonchev–Trinajstić information content (AvgIpc) is 2.59. The molecule has 0 atom stereocenters. The van der Waals surface area contributed by atoms with Gasteiger partial charge in [-0.15, -0.1) is 11.6 Å². The summed E-state index contributed by atoms with van der Waals surface area (Å²) in [4.78, 5) is 4.20. The summed E-state index contributed by atoms with van der Waals surface area (Å²) in [5.41, 5.74) is 0.726. The van der Waals surface area contributed by atoms with Crippen LogP contribution in [0.25, 0.3) is 11.0 Å². The molecule has 2 nitrogen and oxygen atoms in total. The van der Waals surface area contributed by atoms with Crippen LogP contribution in [0.1, 0.15) is 19.2 Å². The Morgan fingerprint density at radius 1 is 1.35 bits per heavy atom. The fourth-order valence-corrected chi connectivity index (χ4v) is 2.11. The van der Waals surface area contributed by atoms with Crippen LogP contribution in [0.4, 0.5) is 8.78 Å². The molecule has 0 spiro atoms. The molecule has 0 N–H and O–H groups in total. The van der Waals surface area contributed by atoms with Gasteiger partial charge in [0.1, 0.15) is 17.2 Å². The van der Waals surface area contributed by atoms with Crippen LogP contribution in [0.15, 0.2) is 12.1 Å². The molecule has 0 aliphatic heterocycles. The van der Waals surface area contributed by atoms with Crippen LogP contribution in [0.2, 0.25) is 0 Å². The Kier molecular flexibility index (Phi) is 3.62. The van der Waals surface area contributed by atoms with Crippen LogP contribution in [0, 0.1) is 11.6 Å². The van der Waals surface area contributed by atoms with Crippen molar-refractivity contribution in [1.29, 1.82) is 0 Å². The highest BCUT2D eigenvalue weighted by Gasteiger charge is 2.14. The number of nitrogens with zero attached hydrogens (tertiary/aromatic N) is 2. The van der Waals surface area contributed by atoms with E-state index in [0.717, 1.165) is 12.5 Å². The lowest BCUT2D eigenvalue weighted by Crippen LogP contribution is -2.04. The predicted molar refractivity (Wildman–Crippen MR) is 64.4 cm³/mol. The first kappa shape index (κ1) is 12.3. The average molecular weight is 259 g/mol. The van der Waals surface area contributed by atoms with Crippen molar-refractivity contribution in [3.8, 4) is 0 Å². The van der Waals surface area contributed by atoms with Gasteiger partial charge < -0.3 is 4.57 Å². The third-order valence-electron chi connectivity index (χ3n) is 2.62. The maximum absolute atomic E-state index is 13.6. The Morgan fingerprint density at radius 3 is 2.76 bits per heavy atom. The molecule has 0 fully saturated rings. The Hall–Kier alpha value is -1.16. The van der Waals surface area contributed by atoms with Crippen LogP contribution in [-0.2, 0) is 13.0 Å². The number of fused-ring (bicyclic) bond motifs is 1. The Labute approximate surface area is 103 Å². The number of hydrogen-bond donors (Lipinski definition) is 0. The molecule has 0 aliphatic carbocycles. The molecule has 0 unspecified atom stereocenters. The van der Waals surface area contributed by atoms with Gasteiger partial charge in [-0.05, 0) is 12.5 Å². The quantitative estimate of drug-likeness (QED) is 0.768. The largest absolute Gasteiger partial charge is 0.328 e. The molecule has 1 aromatic heterocycles. The van der Waals surface area contributed by atoms with E-state index in [1.54, 1.807) is 0 Å². The normalized spacial score (nSPS) is 11.3. The van der Waals surface area contributed by atoms with Crippen LogP contribution in [0.3, 0.4) is 0 Å². The summed E-state index contributed by atoms with van der Waals surface area (Å²) in [7, 11) is 0. The van der Waals surface area contributed by atoms with Gasteiger partial charge in [-0.25, -0.2) is 13.8 Å². The second-order valence-corrected chi connectivity index (χ2v) is 4.25. The molecule has 1 aromatic carbocycles. The number of hydrogen-bond acceptors (Lipinski definition) is 1. The highest BCUT2D eigenvalue weighted by atomic mass is 35.5. The number of alkyl halides is 1. The molecule has 0 saturated carbocycles. The van der Waals surface area contributed by atoms with Gasteiger partial charge in [0.2, 0.25) is 0 Å².